The van der Waals surface area contributed by atoms with Crippen LogP contribution in [0.5, 0.6) is 0 Å². The van der Waals surface area contributed by atoms with Crippen molar-refractivity contribution in [3.05, 3.63) is 11.6 Å². The molecule has 0 aromatic heterocycles. The number of Topliss-reactive ketones (excluding diaryl/α,β-unsaturated/α-hetero) is 1. The molecule has 3 saturated carbocycles. The van der Waals surface area contributed by atoms with Gasteiger partial charge < -0.3 is 4.74 Å². The molecule has 3 fully saturated rings. The van der Waals surface area contributed by atoms with Crippen LogP contribution in [0.4, 0.5) is 0 Å². The second-order valence-corrected chi connectivity index (χ2v) is 9.85. The molecule has 4 aliphatic carbocycles. The van der Waals surface area contributed by atoms with E-state index in [-0.39, 0.29) is 28.3 Å². The predicted octanol–water partition coefficient (Wildman–Crippen LogP) is 4.84. The molecule has 6 atom stereocenters. The van der Waals surface area contributed by atoms with E-state index in [0.717, 1.165) is 44.9 Å². The Labute approximate surface area is 151 Å². The standard InChI is InChI=1S/C22H32O3/c1-14(23)25-16-8-11-20(2)15(13-16)7-10-21(3)17-5-6-19(24)22(17,4)12-9-18(20)21/h7,16-18H,5-6,8-13H2,1-4H3/t16-,17-,18+,20-,21-,22-/m0/s1. The van der Waals surface area contributed by atoms with Gasteiger partial charge >= 0.3 is 5.97 Å². The quantitative estimate of drug-likeness (QED) is 0.505. The van der Waals surface area contributed by atoms with Crippen molar-refractivity contribution in [2.45, 2.75) is 85.2 Å². The number of allylic oxidation sites excluding steroid dienone is 1. The molecule has 3 heteroatoms. The number of ketones is 1. The van der Waals surface area contributed by atoms with Gasteiger partial charge in [0.05, 0.1) is 0 Å². The molecule has 0 aliphatic heterocycles. The van der Waals surface area contributed by atoms with Gasteiger partial charge in [0.25, 0.3) is 0 Å². The fourth-order valence-electron chi connectivity index (χ4n) is 7.39. The second-order valence-electron chi connectivity index (χ2n) is 9.85. The van der Waals surface area contributed by atoms with Gasteiger partial charge in [-0.1, -0.05) is 32.4 Å². The first kappa shape index (κ1) is 17.3. The fraction of sp³-hybridized carbons (Fsp3) is 0.818. The smallest absolute Gasteiger partial charge is 0.302 e. The van der Waals surface area contributed by atoms with Gasteiger partial charge in [-0.2, -0.15) is 0 Å². The van der Waals surface area contributed by atoms with E-state index in [0.29, 0.717) is 17.6 Å². The lowest BCUT2D eigenvalue weighted by atomic mass is 9.42. The molecule has 0 saturated heterocycles. The van der Waals surface area contributed by atoms with Gasteiger partial charge in [-0.25, -0.2) is 0 Å². The molecule has 0 aromatic rings. The molecule has 4 aliphatic rings. The van der Waals surface area contributed by atoms with Gasteiger partial charge in [0, 0.05) is 25.2 Å². The van der Waals surface area contributed by atoms with Gasteiger partial charge in [0.15, 0.2) is 0 Å². The molecular weight excluding hydrogens is 312 g/mol. The van der Waals surface area contributed by atoms with Crippen molar-refractivity contribution in [1.82, 2.24) is 0 Å². The van der Waals surface area contributed by atoms with Crippen molar-refractivity contribution in [3.63, 3.8) is 0 Å². The first-order valence-corrected chi connectivity index (χ1v) is 10.1. The Kier molecular flexibility index (Phi) is 3.76. The summed E-state index contributed by atoms with van der Waals surface area (Å²) >= 11 is 0. The molecule has 0 unspecified atom stereocenters. The summed E-state index contributed by atoms with van der Waals surface area (Å²) in [5.74, 6) is 1.54. The monoisotopic (exact) mass is 344 g/mol. The largest absolute Gasteiger partial charge is 0.462 e. The third kappa shape index (κ3) is 2.30. The lowest BCUT2D eigenvalue weighted by Crippen LogP contribution is -2.56. The van der Waals surface area contributed by atoms with Gasteiger partial charge in [-0.05, 0) is 61.2 Å². The minimum Gasteiger partial charge on any atom is -0.462 e. The summed E-state index contributed by atoms with van der Waals surface area (Å²) in [4.78, 5) is 23.9. The molecule has 0 aromatic carbocycles. The third-order valence-corrected chi connectivity index (χ3v) is 8.67. The van der Waals surface area contributed by atoms with Crippen LogP contribution in [0.3, 0.4) is 0 Å². The van der Waals surface area contributed by atoms with E-state index in [9.17, 15) is 9.59 Å². The molecule has 25 heavy (non-hydrogen) atoms. The summed E-state index contributed by atoms with van der Waals surface area (Å²) in [6.07, 6.45) is 10.7. The molecule has 0 N–H and O–H groups in total. The Morgan fingerprint density at radius 3 is 2.48 bits per heavy atom. The number of hydrogen-bond donors (Lipinski definition) is 0. The maximum Gasteiger partial charge on any atom is 0.302 e. The minimum atomic E-state index is -0.159. The number of ether oxygens (including phenoxy) is 1. The Morgan fingerprint density at radius 1 is 1.08 bits per heavy atom. The molecule has 138 valence electrons. The summed E-state index contributed by atoms with van der Waals surface area (Å²) in [6, 6.07) is 0. The van der Waals surface area contributed by atoms with Crippen LogP contribution in [0, 0.1) is 28.1 Å². The van der Waals surface area contributed by atoms with Crippen LogP contribution in [0.25, 0.3) is 0 Å². The van der Waals surface area contributed by atoms with Crippen molar-refractivity contribution in [2.75, 3.05) is 0 Å². The highest BCUT2D eigenvalue weighted by Crippen LogP contribution is 2.69. The maximum atomic E-state index is 12.6. The summed E-state index contributed by atoms with van der Waals surface area (Å²) in [6.45, 7) is 8.67. The van der Waals surface area contributed by atoms with Gasteiger partial charge in [-0.3, -0.25) is 9.59 Å². The summed E-state index contributed by atoms with van der Waals surface area (Å²) in [7, 11) is 0. The lowest BCUT2D eigenvalue weighted by Gasteiger charge is -2.62. The maximum absolute atomic E-state index is 12.6. The highest BCUT2D eigenvalue weighted by Gasteiger charge is 2.63. The van der Waals surface area contributed by atoms with Crippen molar-refractivity contribution in [1.29, 1.82) is 0 Å². The van der Waals surface area contributed by atoms with E-state index in [1.54, 1.807) is 0 Å². The molecule has 0 heterocycles. The Bertz CT molecular complexity index is 650. The average Bonchev–Trinajstić information content (AvgIpc) is 2.84. The Morgan fingerprint density at radius 2 is 1.76 bits per heavy atom. The lowest BCUT2D eigenvalue weighted by molar-refractivity contribution is -0.150. The van der Waals surface area contributed by atoms with Crippen LogP contribution < -0.4 is 0 Å². The molecule has 0 amide bonds. The van der Waals surface area contributed by atoms with E-state index in [1.807, 2.05) is 0 Å². The summed E-state index contributed by atoms with van der Waals surface area (Å²) in [5, 5.41) is 0. The topological polar surface area (TPSA) is 43.4 Å². The van der Waals surface area contributed by atoms with E-state index in [1.165, 1.54) is 18.9 Å². The van der Waals surface area contributed by atoms with Crippen LogP contribution in [-0.2, 0) is 14.3 Å². The van der Waals surface area contributed by atoms with Gasteiger partial charge in [0.1, 0.15) is 11.9 Å². The zero-order valence-electron chi connectivity index (χ0n) is 16.2. The van der Waals surface area contributed by atoms with Crippen LogP contribution in [0.1, 0.15) is 79.1 Å². The fourth-order valence-corrected chi connectivity index (χ4v) is 7.39. The van der Waals surface area contributed by atoms with Gasteiger partial charge in [0.2, 0.25) is 0 Å². The Hall–Kier alpha value is -1.12. The number of carbonyl (C=O) groups excluding carboxylic acids is 2. The van der Waals surface area contributed by atoms with E-state index in [2.05, 4.69) is 26.8 Å². The molecule has 0 bridgehead atoms. The van der Waals surface area contributed by atoms with Crippen LogP contribution in [-0.4, -0.2) is 17.9 Å². The van der Waals surface area contributed by atoms with Gasteiger partial charge in [-0.15, -0.1) is 0 Å². The molecule has 0 radical (unpaired) electrons. The molecular formula is C22H32O3. The number of fused-ring (bicyclic) bond motifs is 5. The first-order chi connectivity index (χ1) is 11.7. The van der Waals surface area contributed by atoms with Crippen molar-refractivity contribution >= 4 is 11.8 Å². The van der Waals surface area contributed by atoms with Crippen molar-refractivity contribution in [3.8, 4) is 0 Å². The van der Waals surface area contributed by atoms with Crippen LogP contribution >= 0.6 is 0 Å². The normalized spacial score (nSPS) is 48.9. The zero-order valence-corrected chi connectivity index (χ0v) is 16.2. The molecule has 3 nitrogen and oxygen atoms in total. The summed E-state index contributed by atoms with van der Waals surface area (Å²) < 4.78 is 5.52. The number of rotatable bonds is 1. The second kappa shape index (κ2) is 5.44. The summed E-state index contributed by atoms with van der Waals surface area (Å²) in [5.41, 5.74) is 1.89. The number of esters is 1. The predicted molar refractivity (Wildman–Crippen MR) is 96.9 cm³/mol. The number of hydrogen-bond acceptors (Lipinski definition) is 3. The van der Waals surface area contributed by atoms with E-state index in [4.69, 9.17) is 4.74 Å². The number of carbonyl (C=O) groups is 2. The first-order valence-electron chi connectivity index (χ1n) is 10.1. The Balaban J connectivity index is 1.66. The van der Waals surface area contributed by atoms with Crippen molar-refractivity contribution < 1.29 is 14.3 Å². The SMILES string of the molecule is CC(=O)O[C@H]1CC[C@@]2(C)C(=CC[C@]3(C)[C@@H]2CC[C@]2(C)C(=O)CC[C@@H]32)C1. The molecule has 0 spiro atoms. The van der Waals surface area contributed by atoms with Crippen molar-refractivity contribution in [2.24, 2.45) is 28.1 Å². The highest BCUT2D eigenvalue weighted by molar-refractivity contribution is 5.87. The van der Waals surface area contributed by atoms with E-state index < -0.39 is 0 Å². The third-order valence-electron chi connectivity index (χ3n) is 8.67. The molecule has 4 rings (SSSR count). The van der Waals surface area contributed by atoms with Crippen LogP contribution in [0.15, 0.2) is 11.6 Å². The average molecular weight is 344 g/mol. The minimum absolute atomic E-state index is 0.0584. The van der Waals surface area contributed by atoms with Crippen LogP contribution in [0.2, 0.25) is 0 Å². The highest BCUT2D eigenvalue weighted by atomic mass is 16.5. The zero-order chi connectivity index (χ0) is 18.0. The van der Waals surface area contributed by atoms with E-state index >= 15 is 0 Å².